The van der Waals surface area contributed by atoms with Crippen LogP contribution in [0.25, 0.3) is 0 Å². The van der Waals surface area contributed by atoms with Crippen LogP contribution in [0.2, 0.25) is 5.02 Å². The van der Waals surface area contributed by atoms with Crippen molar-refractivity contribution in [2.75, 3.05) is 0 Å². The highest BCUT2D eigenvalue weighted by molar-refractivity contribution is 6.33. The molecule has 4 heteroatoms. The molecule has 1 amide bonds. The topological polar surface area (TPSA) is 46.2 Å². The molecule has 108 valence electrons. The molecule has 1 saturated carbocycles. The summed E-state index contributed by atoms with van der Waals surface area (Å²) in [5.41, 5.74) is 1.18. The third-order valence-electron chi connectivity index (χ3n) is 4.26. The van der Waals surface area contributed by atoms with Crippen LogP contribution in [0.3, 0.4) is 0 Å². The fourth-order valence-corrected chi connectivity index (χ4v) is 3.39. The van der Waals surface area contributed by atoms with Gasteiger partial charge in [0.25, 0.3) is 5.91 Å². The highest BCUT2D eigenvalue weighted by Gasteiger charge is 2.36. The van der Waals surface area contributed by atoms with E-state index >= 15 is 0 Å². The Morgan fingerprint density at radius 2 is 2.10 bits per heavy atom. The van der Waals surface area contributed by atoms with Crippen molar-refractivity contribution in [3.63, 3.8) is 0 Å². The van der Waals surface area contributed by atoms with Gasteiger partial charge in [0.15, 0.2) is 0 Å². The Hall–Kier alpha value is -1.87. The number of benzene rings is 1. The van der Waals surface area contributed by atoms with Crippen molar-refractivity contribution in [2.24, 2.45) is 11.8 Å². The van der Waals surface area contributed by atoms with Crippen molar-refractivity contribution in [1.29, 1.82) is 0 Å². The van der Waals surface area contributed by atoms with E-state index in [1.165, 1.54) is 0 Å². The molecule has 1 aromatic rings. The first-order valence-corrected chi connectivity index (χ1v) is 7.47. The van der Waals surface area contributed by atoms with Gasteiger partial charge in [0.1, 0.15) is 6.29 Å². The molecule has 2 aliphatic carbocycles. The molecule has 21 heavy (non-hydrogen) atoms. The van der Waals surface area contributed by atoms with Crippen LogP contribution in [0.4, 0.5) is 0 Å². The molecule has 0 aliphatic heterocycles. The lowest BCUT2D eigenvalue weighted by Gasteiger charge is -2.24. The number of aldehydes is 1. The third kappa shape index (κ3) is 2.79. The number of rotatable bonds is 3. The van der Waals surface area contributed by atoms with Crippen molar-refractivity contribution in [3.8, 4) is 0 Å². The summed E-state index contributed by atoms with van der Waals surface area (Å²) in [4.78, 5) is 23.3. The molecule has 0 heterocycles. The Bertz CT molecular complexity index is 635. The molecule has 3 nitrogen and oxygen atoms in total. The van der Waals surface area contributed by atoms with Crippen LogP contribution >= 0.6 is 11.6 Å². The Morgan fingerprint density at radius 1 is 1.29 bits per heavy atom. The van der Waals surface area contributed by atoms with Crippen LogP contribution in [0.15, 0.2) is 48.1 Å². The summed E-state index contributed by atoms with van der Waals surface area (Å²) >= 11 is 6.06. The highest BCUT2D eigenvalue weighted by Crippen LogP contribution is 2.37. The van der Waals surface area contributed by atoms with E-state index in [1.807, 2.05) is 12.2 Å². The third-order valence-corrected chi connectivity index (χ3v) is 4.59. The summed E-state index contributed by atoms with van der Waals surface area (Å²) in [6.45, 7) is 0. The summed E-state index contributed by atoms with van der Waals surface area (Å²) in [5.74, 6) is 0.453. The minimum atomic E-state index is -0.151. The Kier molecular flexibility index (Phi) is 3.93. The summed E-state index contributed by atoms with van der Waals surface area (Å²) in [7, 11) is 0. The smallest absolute Gasteiger partial charge is 0.253 e. The molecule has 0 spiro atoms. The van der Waals surface area contributed by atoms with Gasteiger partial charge in [-0.25, -0.2) is 0 Å². The molecule has 1 N–H and O–H groups in total. The second-order valence-corrected chi connectivity index (χ2v) is 5.93. The number of amides is 1. The Morgan fingerprint density at radius 3 is 2.86 bits per heavy atom. The number of carbonyl (C=O) groups is 2. The normalized spacial score (nSPS) is 26.9. The lowest BCUT2D eigenvalue weighted by atomic mass is 9.87. The number of hydrogen-bond acceptors (Lipinski definition) is 2. The maximum atomic E-state index is 12.3. The molecule has 0 bridgehead atoms. The quantitative estimate of drug-likeness (QED) is 0.872. The van der Waals surface area contributed by atoms with E-state index in [2.05, 4.69) is 11.4 Å². The molecule has 1 aromatic carbocycles. The molecule has 2 aliphatic rings. The zero-order valence-corrected chi connectivity index (χ0v) is 12.2. The number of fused-ring (bicyclic) bond motifs is 1. The van der Waals surface area contributed by atoms with Gasteiger partial charge in [0, 0.05) is 17.5 Å². The molecule has 3 unspecified atom stereocenters. The molecule has 0 aromatic heterocycles. The number of hydrogen-bond donors (Lipinski definition) is 1. The van der Waals surface area contributed by atoms with Crippen molar-refractivity contribution >= 4 is 23.8 Å². The van der Waals surface area contributed by atoms with Gasteiger partial charge < -0.3 is 5.32 Å². The summed E-state index contributed by atoms with van der Waals surface area (Å²) < 4.78 is 0. The molecule has 3 rings (SSSR count). The van der Waals surface area contributed by atoms with Crippen molar-refractivity contribution in [3.05, 3.63) is 58.7 Å². The average Bonchev–Trinajstić information content (AvgIpc) is 2.90. The average molecular weight is 302 g/mol. The van der Waals surface area contributed by atoms with Gasteiger partial charge in [-0.1, -0.05) is 42.0 Å². The molecule has 0 radical (unpaired) electrons. The highest BCUT2D eigenvalue weighted by atomic mass is 35.5. The van der Waals surface area contributed by atoms with Crippen LogP contribution in [0.5, 0.6) is 0 Å². The first kappa shape index (κ1) is 14.1. The fraction of sp³-hybridized carbons (Fsp3) is 0.294. The Labute approximate surface area is 128 Å². The van der Waals surface area contributed by atoms with E-state index in [0.717, 1.165) is 19.1 Å². The predicted molar refractivity (Wildman–Crippen MR) is 82.2 cm³/mol. The molecule has 1 fully saturated rings. The van der Waals surface area contributed by atoms with Crippen LogP contribution in [-0.2, 0) is 4.79 Å². The minimum Gasteiger partial charge on any atom is -0.349 e. The van der Waals surface area contributed by atoms with Crippen molar-refractivity contribution in [1.82, 2.24) is 5.32 Å². The van der Waals surface area contributed by atoms with Gasteiger partial charge >= 0.3 is 0 Å². The van der Waals surface area contributed by atoms with Gasteiger partial charge in [-0.2, -0.15) is 0 Å². The fourth-order valence-electron chi connectivity index (χ4n) is 3.17. The lowest BCUT2D eigenvalue weighted by molar-refractivity contribution is -0.104. The van der Waals surface area contributed by atoms with Gasteiger partial charge in [0.2, 0.25) is 0 Å². The van der Waals surface area contributed by atoms with Gasteiger partial charge in [-0.3, -0.25) is 9.59 Å². The lowest BCUT2D eigenvalue weighted by Crippen LogP contribution is -2.38. The van der Waals surface area contributed by atoms with Gasteiger partial charge in [-0.15, -0.1) is 0 Å². The van der Waals surface area contributed by atoms with Crippen LogP contribution < -0.4 is 5.32 Å². The first-order chi connectivity index (χ1) is 10.2. The van der Waals surface area contributed by atoms with E-state index in [1.54, 1.807) is 24.3 Å². The number of halogens is 1. The SMILES string of the molecule is O=CC1=CC2C(C=C1)CCC2NC(=O)c1ccccc1Cl. The zero-order valence-electron chi connectivity index (χ0n) is 11.5. The second-order valence-electron chi connectivity index (χ2n) is 5.52. The maximum Gasteiger partial charge on any atom is 0.253 e. The number of carbonyl (C=O) groups excluding carboxylic acids is 2. The summed E-state index contributed by atoms with van der Waals surface area (Å²) in [6, 6.07) is 7.08. The summed E-state index contributed by atoms with van der Waals surface area (Å²) in [6.07, 6.45) is 8.72. The summed E-state index contributed by atoms with van der Waals surface area (Å²) in [5, 5.41) is 3.52. The Balaban J connectivity index is 1.75. The molecule has 3 atom stereocenters. The molecular formula is C17H16ClNO2. The maximum absolute atomic E-state index is 12.3. The zero-order chi connectivity index (χ0) is 14.8. The molecule has 0 saturated heterocycles. The standard InChI is InChI=1S/C17H16ClNO2/c18-15-4-2-1-3-13(15)17(21)19-16-8-7-12-6-5-11(10-20)9-14(12)16/h1-6,9-10,12,14,16H,7-8H2,(H,19,21). The monoisotopic (exact) mass is 301 g/mol. The second kappa shape index (κ2) is 5.86. The predicted octanol–water partition coefficient (Wildman–Crippen LogP) is 3.16. The number of nitrogens with one attached hydrogen (secondary N) is 1. The van der Waals surface area contributed by atoms with E-state index in [-0.39, 0.29) is 17.9 Å². The minimum absolute atomic E-state index is 0.0543. The van der Waals surface area contributed by atoms with Crippen LogP contribution in [-0.4, -0.2) is 18.2 Å². The van der Waals surface area contributed by atoms with E-state index in [4.69, 9.17) is 11.6 Å². The van der Waals surface area contributed by atoms with Crippen molar-refractivity contribution in [2.45, 2.75) is 18.9 Å². The number of allylic oxidation sites excluding steroid dienone is 3. The van der Waals surface area contributed by atoms with Crippen molar-refractivity contribution < 1.29 is 9.59 Å². The van der Waals surface area contributed by atoms with Crippen LogP contribution in [0.1, 0.15) is 23.2 Å². The van der Waals surface area contributed by atoms with E-state index in [0.29, 0.717) is 22.1 Å². The first-order valence-electron chi connectivity index (χ1n) is 7.09. The molecular weight excluding hydrogens is 286 g/mol. The van der Waals surface area contributed by atoms with E-state index in [9.17, 15) is 9.59 Å². The van der Waals surface area contributed by atoms with Crippen LogP contribution in [0, 0.1) is 11.8 Å². The van der Waals surface area contributed by atoms with E-state index < -0.39 is 0 Å². The van der Waals surface area contributed by atoms with Gasteiger partial charge in [-0.05, 0) is 30.9 Å². The van der Waals surface area contributed by atoms with Gasteiger partial charge in [0.05, 0.1) is 10.6 Å². The largest absolute Gasteiger partial charge is 0.349 e.